The van der Waals surface area contributed by atoms with E-state index in [1.54, 1.807) is 0 Å². The molecule has 17 heavy (non-hydrogen) atoms. The molecule has 0 amide bonds. The van der Waals surface area contributed by atoms with Crippen LogP contribution in [0.5, 0.6) is 0 Å². The van der Waals surface area contributed by atoms with Crippen LogP contribution in [-0.4, -0.2) is 44.0 Å². The molecule has 0 heterocycles. The zero-order valence-electron chi connectivity index (χ0n) is 11.8. The Labute approximate surface area is 106 Å². The summed E-state index contributed by atoms with van der Waals surface area (Å²) in [5.41, 5.74) is 2.22. The maximum Gasteiger partial charge on any atom is 0.0947 e. The minimum absolute atomic E-state index is 0.884. The number of hydrogen-bond acceptors (Lipinski definition) is 3. The Morgan fingerprint density at radius 1 is 1.12 bits per heavy atom. The third-order valence-electron chi connectivity index (χ3n) is 2.64. The number of nitriles is 1. The van der Waals surface area contributed by atoms with Crippen molar-refractivity contribution in [2.45, 2.75) is 26.7 Å². The zero-order chi connectivity index (χ0) is 13.3. The molecule has 0 bridgehead atoms. The summed E-state index contributed by atoms with van der Waals surface area (Å²) >= 11 is 0. The standard InChI is InChI=1S/C12H19N3.C2H6/c1-14(2)8-9-15(3)12-6-4-11(10-13)5-7-12;1-2/h4,6H,5,7-9H2,1-3H3;1-2H3. The van der Waals surface area contributed by atoms with Crippen LogP contribution in [0.2, 0.25) is 0 Å². The van der Waals surface area contributed by atoms with Gasteiger partial charge in [0.05, 0.1) is 6.07 Å². The fourth-order valence-electron chi connectivity index (χ4n) is 1.53. The van der Waals surface area contributed by atoms with E-state index in [1.807, 2.05) is 19.9 Å². The highest BCUT2D eigenvalue weighted by Crippen LogP contribution is 2.19. The van der Waals surface area contributed by atoms with Gasteiger partial charge in [0, 0.05) is 31.4 Å². The summed E-state index contributed by atoms with van der Waals surface area (Å²) in [7, 11) is 6.27. The van der Waals surface area contributed by atoms with E-state index in [0.29, 0.717) is 0 Å². The van der Waals surface area contributed by atoms with Gasteiger partial charge in [0.1, 0.15) is 0 Å². The zero-order valence-corrected chi connectivity index (χ0v) is 11.8. The van der Waals surface area contributed by atoms with E-state index in [4.69, 9.17) is 5.26 Å². The molecule has 3 heteroatoms. The van der Waals surface area contributed by atoms with E-state index < -0.39 is 0 Å². The molecule has 0 spiro atoms. The second-order valence-electron chi connectivity index (χ2n) is 4.19. The van der Waals surface area contributed by atoms with Crippen LogP contribution in [-0.2, 0) is 0 Å². The van der Waals surface area contributed by atoms with Gasteiger partial charge in [-0.3, -0.25) is 0 Å². The number of allylic oxidation sites excluding steroid dienone is 4. The van der Waals surface area contributed by atoms with Crippen LogP contribution in [0.1, 0.15) is 26.7 Å². The first kappa shape index (κ1) is 15.7. The lowest BCUT2D eigenvalue weighted by atomic mass is 10.0. The third-order valence-corrected chi connectivity index (χ3v) is 2.64. The van der Waals surface area contributed by atoms with Gasteiger partial charge in [-0.05, 0) is 39.1 Å². The van der Waals surface area contributed by atoms with Crippen molar-refractivity contribution in [1.82, 2.24) is 9.80 Å². The predicted molar refractivity (Wildman–Crippen MR) is 73.5 cm³/mol. The first-order chi connectivity index (χ1) is 8.13. The van der Waals surface area contributed by atoms with Gasteiger partial charge in [0.2, 0.25) is 0 Å². The van der Waals surface area contributed by atoms with Gasteiger partial charge in [0.25, 0.3) is 0 Å². The summed E-state index contributed by atoms with van der Waals surface area (Å²) in [4.78, 5) is 4.45. The summed E-state index contributed by atoms with van der Waals surface area (Å²) in [5.74, 6) is 0. The van der Waals surface area contributed by atoms with E-state index >= 15 is 0 Å². The lowest BCUT2D eigenvalue weighted by molar-refractivity contribution is 0.319. The first-order valence-corrected chi connectivity index (χ1v) is 6.29. The van der Waals surface area contributed by atoms with Gasteiger partial charge in [-0.15, -0.1) is 0 Å². The Morgan fingerprint density at radius 2 is 1.76 bits per heavy atom. The molecule has 0 unspecified atom stereocenters. The first-order valence-electron chi connectivity index (χ1n) is 6.29. The molecule has 0 N–H and O–H groups in total. The van der Waals surface area contributed by atoms with Gasteiger partial charge in [0.15, 0.2) is 0 Å². The van der Waals surface area contributed by atoms with Crippen LogP contribution < -0.4 is 0 Å². The van der Waals surface area contributed by atoms with Crippen LogP contribution >= 0.6 is 0 Å². The summed E-state index contributed by atoms with van der Waals surface area (Å²) < 4.78 is 0. The van der Waals surface area contributed by atoms with Gasteiger partial charge in [-0.2, -0.15) is 5.26 Å². The minimum atomic E-state index is 0.884. The average Bonchev–Trinajstić information content (AvgIpc) is 2.38. The highest BCUT2D eigenvalue weighted by atomic mass is 15.2. The van der Waals surface area contributed by atoms with E-state index in [0.717, 1.165) is 31.5 Å². The Morgan fingerprint density at radius 3 is 2.18 bits per heavy atom. The molecule has 3 nitrogen and oxygen atoms in total. The molecule has 1 aliphatic carbocycles. The summed E-state index contributed by atoms with van der Waals surface area (Å²) in [5, 5.41) is 8.72. The molecule has 0 atom stereocenters. The van der Waals surface area contributed by atoms with Crippen molar-refractivity contribution in [2.24, 2.45) is 0 Å². The molecule has 1 rings (SSSR count). The highest BCUT2D eigenvalue weighted by molar-refractivity contribution is 5.31. The normalized spacial score (nSPS) is 14.2. The quantitative estimate of drug-likeness (QED) is 0.750. The van der Waals surface area contributed by atoms with Crippen LogP contribution in [0, 0.1) is 11.3 Å². The van der Waals surface area contributed by atoms with Crippen molar-refractivity contribution in [2.75, 3.05) is 34.2 Å². The number of hydrogen-bond donors (Lipinski definition) is 0. The molecule has 0 saturated carbocycles. The summed E-state index contributed by atoms with van der Waals surface area (Å²) in [6, 6.07) is 2.20. The minimum Gasteiger partial charge on any atom is -0.377 e. The molecule has 0 fully saturated rings. The molecular formula is C14H25N3. The highest BCUT2D eigenvalue weighted by Gasteiger charge is 2.09. The smallest absolute Gasteiger partial charge is 0.0947 e. The Bertz CT molecular complexity index is 308. The fourth-order valence-corrected chi connectivity index (χ4v) is 1.53. The molecule has 96 valence electrons. The van der Waals surface area contributed by atoms with Crippen molar-refractivity contribution in [1.29, 1.82) is 5.26 Å². The Balaban J connectivity index is 0.00000121. The lowest BCUT2D eigenvalue weighted by Gasteiger charge is -2.25. The van der Waals surface area contributed by atoms with Crippen LogP contribution in [0.4, 0.5) is 0 Å². The number of rotatable bonds is 4. The fraction of sp³-hybridized carbons (Fsp3) is 0.643. The summed E-state index contributed by atoms with van der Waals surface area (Å²) in [6.45, 7) is 6.09. The second kappa shape index (κ2) is 8.83. The van der Waals surface area contributed by atoms with Crippen molar-refractivity contribution in [3.05, 3.63) is 23.4 Å². The molecule has 0 aromatic carbocycles. The van der Waals surface area contributed by atoms with E-state index in [2.05, 4.69) is 43.1 Å². The van der Waals surface area contributed by atoms with Gasteiger partial charge in [-0.25, -0.2) is 0 Å². The molecule has 0 aliphatic heterocycles. The number of likely N-dealkylation sites (N-methyl/N-ethyl adjacent to an activating group) is 2. The lowest BCUT2D eigenvalue weighted by Crippen LogP contribution is -2.28. The van der Waals surface area contributed by atoms with Crippen molar-refractivity contribution in [3.63, 3.8) is 0 Å². The second-order valence-corrected chi connectivity index (χ2v) is 4.19. The molecule has 0 radical (unpaired) electrons. The van der Waals surface area contributed by atoms with Crippen molar-refractivity contribution >= 4 is 0 Å². The maximum atomic E-state index is 8.72. The van der Waals surface area contributed by atoms with Gasteiger partial charge >= 0.3 is 0 Å². The van der Waals surface area contributed by atoms with Crippen LogP contribution in [0.3, 0.4) is 0 Å². The van der Waals surface area contributed by atoms with E-state index in [-0.39, 0.29) is 0 Å². The maximum absolute atomic E-state index is 8.72. The predicted octanol–water partition coefficient (Wildman–Crippen LogP) is 2.63. The molecule has 0 aromatic rings. The van der Waals surface area contributed by atoms with E-state index in [1.165, 1.54) is 5.70 Å². The SMILES string of the molecule is CC.CN(C)CCN(C)C1=CC=C(C#N)CC1. The van der Waals surface area contributed by atoms with Gasteiger partial charge < -0.3 is 9.80 Å². The molecule has 0 aromatic heterocycles. The van der Waals surface area contributed by atoms with Crippen LogP contribution in [0.15, 0.2) is 23.4 Å². The topological polar surface area (TPSA) is 30.3 Å². The Kier molecular flexibility index (Phi) is 8.17. The molecule has 1 aliphatic rings. The van der Waals surface area contributed by atoms with Gasteiger partial charge in [-0.1, -0.05) is 13.8 Å². The molecular weight excluding hydrogens is 210 g/mol. The molecule has 0 saturated heterocycles. The third kappa shape index (κ3) is 6.13. The average molecular weight is 235 g/mol. The van der Waals surface area contributed by atoms with Crippen molar-refractivity contribution in [3.8, 4) is 6.07 Å². The van der Waals surface area contributed by atoms with Crippen molar-refractivity contribution < 1.29 is 0 Å². The Hall–Kier alpha value is -1.27. The monoisotopic (exact) mass is 235 g/mol. The largest absolute Gasteiger partial charge is 0.377 e. The number of nitrogens with zero attached hydrogens (tertiary/aromatic N) is 3. The van der Waals surface area contributed by atoms with E-state index in [9.17, 15) is 0 Å². The summed E-state index contributed by atoms with van der Waals surface area (Å²) in [6.07, 6.45) is 5.88. The van der Waals surface area contributed by atoms with Crippen LogP contribution in [0.25, 0.3) is 0 Å².